The minimum Gasteiger partial charge on any atom is -0.491 e. The van der Waals surface area contributed by atoms with Gasteiger partial charge in [0.05, 0.1) is 24.3 Å². The van der Waals surface area contributed by atoms with E-state index >= 15 is 0 Å². The van der Waals surface area contributed by atoms with Gasteiger partial charge in [-0.15, -0.1) is 0 Å². The number of esters is 2. The third-order valence-electron chi connectivity index (χ3n) is 10.7. The molecule has 0 radical (unpaired) electrons. The number of hydrogen-bond acceptors (Lipinski definition) is 10. The van der Waals surface area contributed by atoms with E-state index in [2.05, 4.69) is 13.8 Å². The molecule has 5 aromatic rings. The predicted octanol–water partition coefficient (Wildman–Crippen LogP) is 15.3. The fourth-order valence-corrected chi connectivity index (χ4v) is 8.38. The summed E-state index contributed by atoms with van der Waals surface area (Å²) in [4.78, 5) is 53.1. The molecule has 0 saturated carbocycles. The highest BCUT2D eigenvalue weighted by Crippen LogP contribution is 2.30. The Bertz CT molecular complexity index is 2160. The third kappa shape index (κ3) is 17.7. The van der Waals surface area contributed by atoms with Crippen LogP contribution in [-0.4, -0.2) is 35.4 Å². The molecule has 0 amide bonds. The van der Waals surface area contributed by atoms with Gasteiger partial charge in [0.15, 0.2) is 23.1 Å². The standard InChI is InChI=1S/C54H60F2O8S2/c1-3-5-7-9-11-13-15-17-34-61-49-32-22-41(37-47(49)55)53(59)65-45-28-24-43(25-29-45)63-51(57)39-20-19-21-40(36-39)52(58)64-44-26-30-46(31-27-44)66-54(60)42-23-33-50(48(56)38-42)62-35-18-16-14-12-10-8-6-4-2/h19-33,36-38H,3-18,34-35H2,1-2H3. The molecule has 0 heterocycles. The summed E-state index contributed by atoms with van der Waals surface area (Å²) >= 11 is 1.82. The highest BCUT2D eigenvalue weighted by Gasteiger charge is 2.17. The van der Waals surface area contributed by atoms with Crippen molar-refractivity contribution in [2.24, 2.45) is 0 Å². The van der Waals surface area contributed by atoms with Crippen molar-refractivity contribution in [2.75, 3.05) is 13.2 Å². The Morgan fingerprint density at radius 2 is 0.788 bits per heavy atom. The van der Waals surface area contributed by atoms with Crippen LogP contribution in [0.1, 0.15) is 158 Å². The Labute approximate surface area is 396 Å². The highest BCUT2D eigenvalue weighted by atomic mass is 32.2. The lowest BCUT2D eigenvalue weighted by molar-refractivity contribution is 0.0734. The van der Waals surface area contributed by atoms with Crippen LogP contribution >= 0.6 is 23.5 Å². The van der Waals surface area contributed by atoms with E-state index < -0.39 is 23.6 Å². The van der Waals surface area contributed by atoms with Crippen molar-refractivity contribution in [3.8, 4) is 23.0 Å². The minimum absolute atomic E-state index is 0.107. The van der Waals surface area contributed by atoms with Gasteiger partial charge in [-0.25, -0.2) is 18.4 Å². The summed E-state index contributed by atoms with van der Waals surface area (Å²) < 4.78 is 51.8. The van der Waals surface area contributed by atoms with Crippen LogP contribution in [0.15, 0.2) is 119 Å². The van der Waals surface area contributed by atoms with Crippen molar-refractivity contribution in [2.45, 2.75) is 126 Å². The van der Waals surface area contributed by atoms with E-state index in [-0.39, 0.29) is 55.5 Å². The van der Waals surface area contributed by atoms with Crippen LogP contribution in [0.4, 0.5) is 8.78 Å². The summed E-state index contributed by atoms with van der Waals surface area (Å²) in [5, 5.41) is -0.710. The van der Waals surface area contributed by atoms with E-state index in [9.17, 15) is 28.0 Å². The first-order valence-corrected chi connectivity index (χ1v) is 24.8. The molecule has 0 fully saturated rings. The average molecular weight is 939 g/mol. The first-order chi connectivity index (χ1) is 32.1. The number of hydrogen-bond donors (Lipinski definition) is 0. The highest BCUT2D eigenvalue weighted by molar-refractivity contribution is 8.14. The van der Waals surface area contributed by atoms with Crippen molar-refractivity contribution in [1.82, 2.24) is 0 Å². The summed E-state index contributed by atoms with van der Waals surface area (Å²) in [6.07, 6.45) is 18.5. The number of carbonyl (C=O) groups is 4. The topological polar surface area (TPSA) is 105 Å². The minimum atomic E-state index is -0.715. The Hall–Kier alpha value is -5.46. The molecule has 0 aliphatic heterocycles. The van der Waals surface area contributed by atoms with E-state index in [0.717, 1.165) is 62.0 Å². The molecule has 0 spiro atoms. The van der Waals surface area contributed by atoms with E-state index in [0.29, 0.717) is 23.0 Å². The molecular weight excluding hydrogens is 879 g/mol. The van der Waals surface area contributed by atoms with Gasteiger partial charge >= 0.3 is 11.9 Å². The predicted molar refractivity (Wildman–Crippen MR) is 259 cm³/mol. The van der Waals surface area contributed by atoms with Gasteiger partial charge < -0.3 is 18.9 Å². The van der Waals surface area contributed by atoms with Crippen molar-refractivity contribution >= 4 is 45.7 Å². The lowest BCUT2D eigenvalue weighted by Gasteiger charge is -2.09. The Morgan fingerprint density at radius 3 is 1.15 bits per heavy atom. The molecule has 0 bridgehead atoms. The number of rotatable bonds is 28. The number of unbranched alkanes of at least 4 members (excludes halogenated alkanes) is 14. The summed E-state index contributed by atoms with van der Waals surface area (Å²) in [7, 11) is 0. The van der Waals surface area contributed by atoms with Gasteiger partial charge in [-0.05, 0) is 139 Å². The van der Waals surface area contributed by atoms with Crippen LogP contribution in [0, 0.1) is 11.6 Å². The molecule has 350 valence electrons. The first kappa shape index (κ1) is 51.5. The summed E-state index contributed by atoms with van der Waals surface area (Å²) in [6, 6.07) is 26.9. The zero-order chi connectivity index (χ0) is 46.9. The third-order valence-corrected chi connectivity index (χ3v) is 12.5. The van der Waals surface area contributed by atoms with Gasteiger partial charge in [-0.3, -0.25) is 9.59 Å². The Kier molecular flexibility index (Phi) is 22.3. The number of benzene rings is 5. The van der Waals surface area contributed by atoms with Crippen LogP contribution < -0.4 is 18.9 Å². The monoisotopic (exact) mass is 938 g/mol. The van der Waals surface area contributed by atoms with Gasteiger partial charge in [-0.2, -0.15) is 0 Å². The second-order valence-electron chi connectivity index (χ2n) is 16.0. The second-order valence-corrected chi connectivity index (χ2v) is 18.1. The van der Waals surface area contributed by atoms with Crippen LogP contribution in [0.5, 0.6) is 23.0 Å². The van der Waals surface area contributed by atoms with Gasteiger partial charge in [0.2, 0.25) is 10.2 Å². The van der Waals surface area contributed by atoms with Gasteiger partial charge in [0, 0.05) is 20.9 Å². The molecule has 0 aliphatic rings. The van der Waals surface area contributed by atoms with Crippen LogP contribution in [-0.2, 0) is 0 Å². The zero-order valence-corrected chi connectivity index (χ0v) is 39.6. The molecule has 0 aliphatic carbocycles. The van der Waals surface area contributed by atoms with Crippen molar-refractivity contribution in [1.29, 1.82) is 0 Å². The number of ether oxygens (including phenoxy) is 4. The van der Waals surface area contributed by atoms with Crippen molar-refractivity contribution < 1.29 is 46.9 Å². The maximum absolute atomic E-state index is 14.8. The normalized spacial score (nSPS) is 11.0. The fraction of sp³-hybridized carbons (Fsp3) is 0.370. The van der Waals surface area contributed by atoms with Crippen LogP contribution in [0.25, 0.3) is 0 Å². The molecular formula is C54H60F2O8S2. The lowest BCUT2D eigenvalue weighted by Crippen LogP contribution is -2.12. The second kappa shape index (κ2) is 28.5. The molecule has 0 aromatic heterocycles. The van der Waals surface area contributed by atoms with E-state index in [1.165, 1.54) is 137 Å². The molecule has 0 atom stereocenters. The number of carbonyl (C=O) groups excluding carboxylic acids is 4. The Morgan fingerprint density at radius 1 is 0.424 bits per heavy atom. The number of thioether (sulfide) groups is 2. The smallest absolute Gasteiger partial charge is 0.343 e. The lowest BCUT2D eigenvalue weighted by atomic mass is 10.1. The summed E-state index contributed by atoms with van der Waals surface area (Å²) in [5.41, 5.74) is 0.602. The van der Waals surface area contributed by atoms with Gasteiger partial charge in [0.25, 0.3) is 0 Å². The molecule has 8 nitrogen and oxygen atoms in total. The first-order valence-electron chi connectivity index (χ1n) is 23.2. The van der Waals surface area contributed by atoms with E-state index in [1.807, 2.05) is 0 Å². The Balaban J connectivity index is 1.03. The molecule has 5 aromatic carbocycles. The fourth-order valence-electron chi connectivity index (χ4n) is 6.91. The summed E-state index contributed by atoms with van der Waals surface area (Å²) in [6.45, 7) is 5.24. The maximum Gasteiger partial charge on any atom is 0.343 e. The maximum atomic E-state index is 14.8. The molecule has 0 unspecified atom stereocenters. The number of halogens is 2. The average Bonchev–Trinajstić information content (AvgIpc) is 3.32. The largest absolute Gasteiger partial charge is 0.491 e. The van der Waals surface area contributed by atoms with Crippen molar-refractivity contribution in [3.05, 3.63) is 143 Å². The molecule has 5 rings (SSSR count). The molecule has 66 heavy (non-hydrogen) atoms. The molecule has 0 saturated heterocycles. The van der Waals surface area contributed by atoms with Crippen LogP contribution in [0.2, 0.25) is 0 Å². The molecule has 0 N–H and O–H groups in total. The summed E-state index contributed by atoms with van der Waals surface area (Å²) in [5.74, 6) is -1.94. The van der Waals surface area contributed by atoms with Crippen molar-refractivity contribution in [3.63, 3.8) is 0 Å². The zero-order valence-electron chi connectivity index (χ0n) is 38.0. The van der Waals surface area contributed by atoms with Gasteiger partial charge in [0.1, 0.15) is 11.5 Å². The molecule has 12 heteroatoms. The quantitative estimate of drug-likeness (QED) is 0.0208. The van der Waals surface area contributed by atoms with E-state index in [1.54, 1.807) is 36.4 Å². The van der Waals surface area contributed by atoms with Gasteiger partial charge in [-0.1, -0.05) is 110 Å². The van der Waals surface area contributed by atoms with Crippen LogP contribution in [0.3, 0.4) is 0 Å². The van der Waals surface area contributed by atoms with E-state index in [4.69, 9.17) is 18.9 Å². The SMILES string of the molecule is CCCCCCCCCCOc1ccc(C(=O)Sc2ccc(OC(=O)c3cccc(C(=O)Oc4ccc(SC(=O)c5ccc(OCCCCCCCCCC)c(F)c5)cc4)c3)cc2)cc1F.